The Balaban J connectivity index is 2.44. The number of carbonyl (C=O) groups excluding carboxylic acids is 1. The molecule has 0 radical (unpaired) electrons. The average Bonchev–Trinajstić information content (AvgIpc) is 2.37. The van der Waals surface area contributed by atoms with Crippen molar-refractivity contribution in [2.75, 3.05) is 0 Å². The second-order valence-corrected chi connectivity index (χ2v) is 4.16. The maximum absolute atomic E-state index is 12.9. The zero-order chi connectivity index (χ0) is 14.3. The highest BCUT2D eigenvalue weighted by molar-refractivity contribution is 5.69. The molecule has 1 rings (SSSR count). The van der Waals surface area contributed by atoms with Gasteiger partial charge in [0, 0.05) is 6.42 Å². The number of esters is 1. The van der Waals surface area contributed by atoms with Crippen LogP contribution in [0.2, 0.25) is 0 Å². The summed E-state index contributed by atoms with van der Waals surface area (Å²) >= 11 is 0. The minimum atomic E-state index is -1.10. The molecule has 19 heavy (non-hydrogen) atoms. The van der Waals surface area contributed by atoms with E-state index in [1.54, 1.807) is 4.98 Å². The van der Waals surface area contributed by atoms with Crippen LogP contribution in [-0.2, 0) is 16.3 Å². The SMILES string of the molecule is CCCCCCC(=O)OCn1cc(F)c(=O)[nH]c1=O. The predicted molar refractivity (Wildman–Crippen MR) is 66.1 cm³/mol. The van der Waals surface area contributed by atoms with Crippen LogP contribution in [0.5, 0.6) is 0 Å². The van der Waals surface area contributed by atoms with E-state index in [0.29, 0.717) is 6.20 Å². The van der Waals surface area contributed by atoms with Crippen LogP contribution in [0.15, 0.2) is 15.8 Å². The van der Waals surface area contributed by atoms with E-state index in [-0.39, 0.29) is 6.42 Å². The van der Waals surface area contributed by atoms with Crippen molar-refractivity contribution in [3.63, 3.8) is 0 Å². The molecule has 0 aliphatic rings. The Hall–Kier alpha value is -1.92. The summed E-state index contributed by atoms with van der Waals surface area (Å²) in [6.45, 7) is 1.66. The first-order chi connectivity index (χ1) is 9.04. The number of aromatic nitrogens is 2. The number of hydrogen-bond donors (Lipinski definition) is 1. The molecule has 0 amide bonds. The summed E-state index contributed by atoms with van der Waals surface area (Å²) in [6, 6.07) is 0. The molecular formula is C12H17FN2O4. The lowest BCUT2D eigenvalue weighted by molar-refractivity contribution is -0.147. The lowest BCUT2D eigenvalue weighted by atomic mass is 10.2. The molecule has 0 aliphatic heterocycles. The highest BCUT2D eigenvalue weighted by Crippen LogP contribution is 2.03. The van der Waals surface area contributed by atoms with Gasteiger partial charge in [0.25, 0.3) is 5.56 Å². The average molecular weight is 272 g/mol. The standard InChI is InChI=1S/C12H17FN2O4/c1-2-3-4-5-6-10(16)19-8-15-7-9(13)11(17)14-12(15)18/h7H,2-6,8H2,1H3,(H,14,17,18). The molecule has 1 aromatic heterocycles. The van der Waals surface area contributed by atoms with Crippen LogP contribution in [0.1, 0.15) is 39.0 Å². The third-order valence-electron chi connectivity index (χ3n) is 2.57. The number of nitrogens with one attached hydrogen (secondary N) is 1. The van der Waals surface area contributed by atoms with E-state index in [1.807, 2.05) is 0 Å². The van der Waals surface area contributed by atoms with Gasteiger partial charge in [-0.1, -0.05) is 26.2 Å². The van der Waals surface area contributed by atoms with Crippen LogP contribution < -0.4 is 11.2 Å². The van der Waals surface area contributed by atoms with E-state index in [9.17, 15) is 18.8 Å². The molecule has 0 unspecified atom stereocenters. The summed E-state index contributed by atoms with van der Waals surface area (Å²) in [5.74, 6) is -1.55. The predicted octanol–water partition coefficient (Wildman–Crippen LogP) is 1.15. The Bertz CT molecular complexity index is 535. The second-order valence-electron chi connectivity index (χ2n) is 4.16. The van der Waals surface area contributed by atoms with E-state index in [2.05, 4.69) is 6.92 Å². The maximum Gasteiger partial charge on any atom is 0.331 e. The van der Waals surface area contributed by atoms with Gasteiger partial charge in [-0.05, 0) is 6.42 Å². The number of rotatable bonds is 7. The lowest BCUT2D eigenvalue weighted by Gasteiger charge is -2.06. The maximum atomic E-state index is 12.9. The summed E-state index contributed by atoms with van der Waals surface area (Å²) in [7, 11) is 0. The molecule has 106 valence electrons. The van der Waals surface area contributed by atoms with E-state index in [0.717, 1.165) is 30.3 Å². The van der Waals surface area contributed by atoms with Gasteiger partial charge in [-0.3, -0.25) is 19.1 Å². The van der Waals surface area contributed by atoms with Gasteiger partial charge < -0.3 is 4.74 Å². The summed E-state index contributed by atoms with van der Waals surface area (Å²) in [5, 5.41) is 0. The van der Waals surface area contributed by atoms with Crippen molar-refractivity contribution in [3.8, 4) is 0 Å². The molecule has 0 fully saturated rings. The molecule has 1 N–H and O–H groups in total. The quantitative estimate of drug-likeness (QED) is 0.596. The number of nitrogens with zero attached hydrogens (tertiary/aromatic N) is 1. The Kier molecular flexibility index (Phi) is 5.98. The highest BCUT2D eigenvalue weighted by Gasteiger charge is 2.06. The first-order valence-electron chi connectivity index (χ1n) is 6.19. The lowest BCUT2D eigenvalue weighted by Crippen LogP contribution is -2.32. The molecule has 0 saturated carbocycles. The summed E-state index contributed by atoms with van der Waals surface area (Å²) < 4.78 is 18.5. The second kappa shape index (κ2) is 7.50. The van der Waals surface area contributed by atoms with Crippen LogP contribution in [0.25, 0.3) is 0 Å². The minimum absolute atomic E-state index is 0.264. The van der Waals surface area contributed by atoms with E-state index in [4.69, 9.17) is 4.74 Å². The van der Waals surface area contributed by atoms with Crippen molar-refractivity contribution >= 4 is 5.97 Å². The van der Waals surface area contributed by atoms with Crippen molar-refractivity contribution in [3.05, 3.63) is 32.9 Å². The number of H-pyrrole nitrogens is 1. The van der Waals surface area contributed by atoms with E-state index in [1.165, 1.54) is 0 Å². The third-order valence-corrected chi connectivity index (χ3v) is 2.57. The Morgan fingerprint density at radius 1 is 1.37 bits per heavy atom. The van der Waals surface area contributed by atoms with Crippen molar-refractivity contribution in [1.29, 1.82) is 0 Å². The Morgan fingerprint density at radius 3 is 2.79 bits per heavy atom. The number of ether oxygens (including phenoxy) is 1. The van der Waals surface area contributed by atoms with Crippen molar-refractivity contribution in [1.82, 2.24) is 9.55 Å². The topological polar surface area (TPSA) is 81.2 Å². The van der Waals surface area contributed by atoms with Crippen LogP contribution in [0.4, 0.5) is 4.39 Å². The number of halogens is 1. The van der Waals surface area contributed by atoms with Gasteiger partial charge in [0.15, 0.2) is 6.73 Å². The van der Waals surface area contributed by atoms with Crippen LogP contribution in [0, 0.1) is 5.82 Å². The molecule has 6 nitrogen and oxygen atoms in total. The molecule has 0 aliphatic carbocycles. The highest BCUT2D eigenvalue weighted by atomic mass is 19.1. The van der Waals surface area contributed by atoms with Crippen LogP contribution >= 0.6 is 0 Å². The zero-order valence-corrected chi connectivity index (χ0v) is 10.8. The van der Waals surface area contributed by atoms with Gasteiger partial charge in [-0.15, -0.1) is 0 Å². The van der Waals surface area contributed by atoms with Gasteiger partial charge in [-0.25, -0.2) is 4.79 Å². The largest absolute Gasteiger partial charge is 0.444 e. The fraction of sp³-hybridized carbons (Fsp3) is 0.583. The molecule has 1 aromatic rings. The molecule has 0 aromatic carbocycles. The van der Waals surface area contributed by atoms with Gasteiger partial charge >= 0.3 is 11.7 Å². The molecule has 7 heteroatoms. The Morgan fingerprint density at radius 2 is 2.11 bits per heavy atom. The smallest absolute Gasteiger partial charge is 0.331 e. The molecule has 0 atom stereocenters. The van der Waals surface area contributed by atoms with Crippen molar-refractivity contribution in [2.45, 2.75) is 45.8 Å². The van der Waals surface area contributed by atoms with Gasteiger partial charge in [-0.2, -0.15) is 4.39 Å². The molecular weight excluding hydrogens is 255 g/mol. The summed E-state index contributed by atoms with van der Waals surface area (Å²) in [4.78, 5) is 35.2. The molecule has 1 heterocycles. The van der Waals surface area contributed by atoms with Crippen LogP contribution in [-0.4, -0.2) is 15.5 Å². The fourth-order valence-corrected chi connectivity index (χ4v) is 1.49. The van der Waals surface area contributed by atoms with Crippen molar-refractivity contribution < 1.29 is 13.9 Å². The first kappa shape index (κ1) is 15.1. The Labute approximate surface area is 109 Å². The van der Waals surface area contributed by atoms with Gasteiger partial charge in [0.2, 0.25) is 5.82 Å². The normalized spacial score (nSPS) is 10.4. The first-order valence-corrected chi connectivity index (χ1v) is 6.19. The number of carbonyl (C=O) groups is 1. The number of hydrogen-bond acceptors (Lipinski definition) is 4. The van der Waals surface area contributed by atoms with Gasteiger partial charge in [0.1, 0.15) is 0 Å². The van der Waals surface area contributed by atoms with Crippen LogP contribution in [0.3, 0.4) is 0 Å². The number of unbranched alkanes of at least 4 members (excludes halogenated alkanes) is 3. The third kappa shape index (κ3) is 5.07. The van der Waals surface area contributed by atoms with Crippen molar-refractivity contribution in [2.24, 2.45) is 0 Å². The minimum Gasteiger partial charge on any atom is -0.444 e. The zero-order valence-electron chi connectivity index (χ0n) is 10.8. The molecule has 0 spiro atoms. The van der Waals surface area contributed by atoms with E-state index >= 15 is 0 Å². The van der Waals surface area contributed by atoms with Gasteiger partial charge in [0.05, 0.1) is 6.20 Å². The number of aromatic amines is 1. The summed E-state index contributed by atoms with van der Waals surface area (Å²) in [6.07, 6.45) is 4.77. The van der Waals surface area contributed by atoms with E-state index < -0.39 is 29.8 Å². The summed E-state index contributed by atoms with van der Waals surface area (Å²) in [5.41, 5.74) is -1.91. The fourth-order valence-electron chi connectivity index (χ4n) is 1.49. The molecule has 0 saturated heterocycles. The molecule has 0 bridgehead atoms. The monoisotopic (exact) mass is 272 g/mol.